The zero-order valence-electron chi connectivity index (χ0n) is 22.6. The van der Waals surface area contributed by atoms with Crippen LogP contribution in [0.1, 0.15) is 56.1 Å². The number of benzene rings is 2. The van der Waals surface area contributed by atoms with Crippen molar-refractivity contribution in [2.75, 3.05) is 38.5 Å². The number of hydrogen-bond acceptors (Lipinski definition) is 6. The standard InChI is InChI=1S/C29H34N4O4S2/c1-4-32(5-2)29(35)26-24-15-16-31(3)19-25(24)38-28(26)30-27(34)21-10-12-23(13-11-21)39(36,37)33-17-14-20-8-6-7-9-22(20)18-33/h6-13H,4-5,14-19H2,1-3H3,(H,30,34). The maximum absolute atomic E-state index is 13.4. The molecule has 10 heteroatoms. The lowest BCUT2D eigenvalue weighted by molar-refractivity contribution is 0.0772. The molecule has 1 aromatic heterocycles. The molecule has 2 aromatic carbocycles. The molecule has 0 radical (unpaired) electrons. The summed E-state index contributed by atoms with van der Waals surface area (Å²) in [7, 11) is -1.65. The Balaban J connectivity index is 1.37. The van der Waals surface area contributed by atoms with E-state index in [1.54, 1.807) is 4.90 Å². The molecular weight excluding hydrogens is 532 g/mol. The summed E-state index contributed by atoms with van der Waals surface area (Å²) in [5.74, 6) is -0.437. The van der Waals surface area contributed by atoms with Crippen LogP contribution in [0.2, 0.25) is 0 Å². The number of hydrogen-bond donors (Lipinski definition) is 1. The number of carbonyl (C=O) groups excluding carboxylic acids is 2. The van der Waals surface area contributed by atoms with E-state index >= 15 is 0 Å². The van der Waals surface area contributed by atoms with Gasteiger partial charge in [-0.25, -0.2) is 8.42 Å². The van der Waals surface area contributed by atoms with Gasteiger partial charge >= 0.3 is 0 Å². The van der Waals surface area contributed by atoms with Crippen molar-refractivity contribution in [3.63, 3.8) is 0 Å². The van der Waals surface area contributed by atoms with Crippen LogP contribution in [0.15, 0.2) is 53.4 Å². The van der Waals surface area contributed by atoms with Crippen LogP contribution in [-0.2, 0) is 36.0 Å². The Bertz CT molecular complexity index is 1490. The number of anilines is 1. The van der Waals surface area contributed by atoms with Crippen molar-refractivity contribution in [2.24, 2.45) is 0 Å². The largest absolute Gasteiger partial charge is 0.339 e. The first-order valence-corrected chi connectivity index (χ1v) is 15.6. The molecule has 0 aliphatic carbocycles. The van der Waals surface area contributed by atoms with Gasteiger partial charge in [-0.3, -0.25) is 9.59 Å². The first-order chi connectivity index (χ1) is 18.7. The number of likely N-dealkylation sites (N-methyl/N-ethyl adjacent to an activating group) is 1. The Kier molecular flexibility index (Phi) is 7.91. The lowest BCUT2D eigenvalue weighted by Gasteiger charge is -2.28. The molecule has 39 heavy (non-hydrogen) atoms. The maximum Gasteiger partial charge on any atom is 0.257 e. The molecule has 206 valence electrons. The fourth-order valence-electron chi connectivity index (χ4n) is 5.29. The van der Waals surface area contributed by atoms with Crippen molar-refractivity contribution in [3.8, 4) is 0 Å². The number of amides is 2. The number of carbonyl (C=O) groups is 2. The topological polar surface area (TPSA) is 90.0 Å². The van der Waals surface area contributed by atoms with E-state index in [4.69, 9.17) is 0 Å². The van der Waals surface area contributed by atoms with Crippen molar-refractivity contribution < 1.29 is 18.0 Å². The molecule has 0 spiro atoms. The van der Waals surface area contributed by atoms with E-state index in [0.717, 1.165) is 35.5 Å². The van der Waals surface area contributed by atoms with Crippen molar-refractivity contribution in [1.29, 1.82) is 0 Å². The molecule has 0 saturated heterocycles. The average Bonchev–Trinajstić information content (AvgIpc) is 3.29. The van der Waals surface area contributed by atoms with E-state index in [1.807, 2.05) is 45.2 Å². The third-order valence-corrected chi connectivity index (χ3v) is 10.6. The maximum atomic E-state index is 13.4. The predicted molar refractivity (Wildman–Crippen MR) is 154 cm³/mol. The van der Waals surface area contributed by atoms with Gasteiger partial charge in [0.1, 0.15) is 5.00 Å². The molecule has 0 unspecified atom stereocenters. The highest BCUT2D eigenvalue weighted by Crippen LogP contribution is 2.38. The van der Waals surface area contributed by atoms with Crippen molar-refractivity contribution in [1.82, 2.24) is 14.1 Å². The highest BCUT2D eigenvalue weighted by molar-refractivity contribution is 7.89. The summed E-state index contributed by atoms with van der Waals surface area (Å²) in [6.07, 6.45) is 1.43. The number of nitrogens with one attached hydrogen (secondary N) is 1. The number of nitrogens with zero attached hydrogens (tertiary/aromatic N) is 3. The van der Waals surface area contributed by atoms with Crippen LogP contribution in [0.4, 0.5) is 5.00 Å². The number of rotatable bonds is 7. The highest BCUT2D eigenvalue weighted by Gasteiger charge is 2.31. The summed E-state index contributed by atoms with van der Waals surface area (Å²) in [6, 6.07) is 13.9. The fraction of sp³-hybridized carbons (Fsp3) is 0.379. The van der Waals surface area contributed by atoms with E-state index in [0.29, 0.717) is 48.7 Å². The third kappa shape index (κ3) is 5.38. The Morgan fingerprint density at radius 3 is 2.33 bits per heavy atom. The van der Waals surface area contributed by atoms with E-state index in [9.17, 15) is 18.0 Å². The molecule has 5 rings (SSSR count). The Morgan fingerprint density at radius 2 is 1.64 bits per heavy atom. The molecule has 8 nitrogen and oxygen atoms in total. The van der Waals surface area contributed by atoms with Gasteiger partial charge in [-0.05, 0) is 74.7 Å². The highest BCUT2D eigenvalue weighted by atomic mass is 32.2. The minimum Gasteiger partial charge on any atom is -0.339 e. The molecule has 2 amide bonds. The number of thiophene rings is 1. The van der Waals surface area contributed by atoms with E-state index in [-0.39, 0.29) is 16.7 Å². The fourth-order valence-corrected chi connectivity index (χ4v) is 8.03. The third-order valence-electron chi connectivity index (χ3n) is 7.59. The molecule has 0 saturated carbocycles. The summed E-state index contributed by atoms with van der Waals surface area (Å²) in [5.41, 5.74) is 4.14. The van der Waals surface area contributed by atoms with Crippen LogP contribution >= 0.6 is 11.3 Å². The minimum absolute atomic E-state index is 0.0677. The molecule has 3 aromatic rings. The SMILES string of the molecule is CCN(CC)C(=O)c1c(NC(=O)c2ccc(S(=O)(=O)N3CCc4ccccc4C3)cc2)sc2c1CCN(C)C2. The minimum atomic E-state index is -3.70. The molecule has 1 N–H and O–H groups in total. The molecule has 0 atom stereocenters. The lowest BCUT2D eigenvalue weighted by Crippen LogP contribution is -2.35. The normalized spacial score (nSPS) is 15.9. The molecule has 2 aliphatic heterocycles. The van der Waals surface area contributed by atoms with Crippen LogP contribution in [0.25, 0.3) is 0 Å². The van der Waals surface area contributed by atoms with E-state index in [2.05, 4.69) is 10.2 Å². The predicted octanol–water partition coefficient (Wildman–Crippen LogP) is 4.22. The summed E-state index contributed by atoms with van der Waals surface area (Å²) >= 11 is 1.45. The van der Waals surface area contributed by atoms with Gasteiger partial charge in [0.05, 0.1) is 10.5 Å². The summed E-state index contributed by atoms with van der Waals surface area (Å²) in [6.45, 7) is 7.42. The Hall–Kier alpha value is -3.05. The van der Waals surface area contributed by atoms with Crippen molar-refractivity contribution >= 4 is 38.2 Å². The first kappa shape index (κ1) is 27.5. The van der Waals surface area contributed by atoms with E-state index in [1.165, 1.54) is 45.5 Å². The van der Waals surface area contributed by atoms with Crippen LogP contribution in [-0.4, -0.2) is 67.6 Å². The van der Waals surface area contributed by atoms with Gasteiger partial charge < -0.3 is 15.1 Å². The summed E-state index contributed by atoms with van der Waals surface area (Å²) in [4.78, 5) is 31.9. The summed E-state index contributed by atoms with van der Waals surface area (Å²) in [5, 5.41) is 3.53. The second-order valence-corrected chi connectivity index (χ2v) is 13.1. The van der Waals surface area contributed by atoms with Gasteiger partial charge in [0.15, 0.2) is 0 Å². The van der Waals surface area contributed by atoms with E-state index < -0.39 is 10.0 Å². The van der Waals surface area contributed by atoms with Crippen LogP contribution in [0.5, 0.6) is 0 Å². The van der Waals surface area contributed by atoms with Gasteiger partial charge in [0.25, 0.3) is 11.8 Å². The van der Waals surface area contributed by atoms with Gasteiger partial charge in [-0.1, -0.05) is 24.3 Å². The lowest BCUT2D eigenvalue weighted by atomic mass is 10.0. The molecule has 0 fully saturated rings. The van der Waals surface area contributed by atoms with Gasteiger partial charge in [0, 0.05) is 49.7 Å². The average molecular weight is 567 g/mol. The molecular formula is C29H34N4O4S2. The monoisotopic (exact) mass is 566 g/mol. The molecule has 0 bridgehead atoms. The van der Waals surface area contributed by atoms with Gasteiger partial charge in [-0.15, -0.1) is 11.3 Å². The zero-order chi connectivity index (χ0) is 27.7. The van der Waals surface area contributed by atoms with Gasteiger partial charge in [-0.2, -0.15) is 4.31 Å². The number of fused-ring (bicyclic) bond motifs is 2. The van der Waals surface area contributed by atoms with Gasteiger partial charge in [0.2, 0.25) is 10.0 Å². The number of sulfonamides is 1. The van der Waals surface area contributed by atoms with Crippen LogP contribution in [0, 0.1) is 0 Å². The summed E-state index contributed by atoms with van der Waals surface area (Å²) < 4.78 is 28.1. The molecule has 3 heterocycles. The quantitative estimate of drug-likeness (QED) is 0.463. The van der Waals surface area contributed by atoms with Crippen molar-refractivity contribution in [3.05, 3.63) is 81.2 Å². The Labute approximate surface area is 234 Å². The zero-order valence-corrected chi connectivity index (χ0v) is 24.2. The smallest absolute Gasteiger partial charge is 0.257 e. The van der Waals surface area contributed by atoms with Crippen LogP contribution in [0.3, 0.4) is 0 Å². The first-order valence-electron chi connectivity index (χ1n) is 13.3. The Morgan fingerprint density at radius 1 is 0.949 bits per heavy atom. The molecule has 2 aliphatic rings. The van der Waals surface area contributed by atoms with Crippen molar-refractivity contribution in [2.45, 2.75) is 44.7 Å². The second-order valence-electron chi connectivity index (χ2n) is 10.0. The van der Waals surface area contributed by atoms with Crippen LogP contribution < -0.4 is 5.32 Å². The second kappa shape index (κ2) is 11.2.